The fourth-order valence-corrected chi connectivity index (χ4v) is 3.04. The molecular weight excluding hydrogens is 302 g/mol. The third-order valence-corrected chi connectivity index (χ3v) is 4.87. The lowest BCUT2D eigenvalue weighted by molar-refractivity contribution is -0.126. The lowest BCUT2D eigenvalue weighted by atomic mass is 9.96. The van der Waals surface area contributed by atoms with Gasteiger partial charge in [-0.3, -0.25) is 4.79 Å². The highest BCUT2D eigenvalue weighted by atomic mass is 35.7. The molecule has 0 aromatic heterocycles. The van der Waals surface area contributed by atoms with Gasteiger partial charge in [-0.25, -0.2) is 8.42 Å². The zero-order chi connectivity index (χ0) is 14.3. The van der Waals surface area contributed by atoms with Crippen molar-refractivity contribution in [1.29, 1.82) is 0 Å². The van der Waals surface area contributed by atoms with E-state index in [4.69, 9.17) is 15.4 Å². The molecule has 1 aromatic carbocycles. The van der Waals surface area contributed by atoms with E-state index in [0.717, 1.165) is 12.8 Å². The fourth-order valence-electron chi connectivity index (χ4n) is 2.24. The first-order valence-electron chi connectivity index (χ1n) is 6.44. The van der Waals surface area contributed by atoms with Crippen molar-refractivity contribution in [2.24, 2.45) is 5.92 Å². The van der Waals surface area contributed by atoms with Gasteiger partial charge < -0.3 is 10.1 Å². The Morgan fingerprint density at radius 3 is 2.75 bits per heavy atom. The Bertz CT molecular complexity index is 654. The largest absolute Gasteiger partial charge is 0.492 e. The van der Waals surface area contributed by atoms with Crippen LogP contribution in [0.4, 0.5) is 0 Å². The number of nitrogens with one attached hydrogen (secondary N) is 1. The Balaban J connectivity index is 1.80. The molecule has 1 unspecified atom stereocenters. The van der Waals surface area contributed by atoms with Gasteiger partial charge in [0.2, 0.25) is 5.91 Å². The minimum absolute atomic E-state index is 0.0303. The first kappa shape index (κ1) is 13.7. The molecule has 7 heteroatoms. The number of fused-ring (bicyclic) bond motifs is 1. The Kier molecular flexibility index (Phi) is 3.38. The summed E-state index contributed by atoms with van der Waals surface area (Å²) in [6.07, 6.45) is 2.53. The molecular formula is C13H14ClNO4S. The van der Waals surface area contributed by atoms with E-state index in [1.54, 1.807) is 6.07 Å². The first-order chi connectivity index (χ1) is 9.43. The van der Waals surface area contributed by atoms with Gasteiger partial charge in [0.1, 0.15) is 12.4 Å². The van der Waals surface area contributed by atoms with Crippen molar-refractivity contribution in [3.63, 3.8) is 0 Å². The second-order valence-corrected chi connectivity index (χ2v) is 7.77. The first-order valence-corrected chi connectivity index (χ1v) is 8.75. The molecule has 0 spiro atoms. The Hall–Kier alpha value is -1.27. The smallest absolute Gasteiger partial charge is 0.261 e. The van der Waals surface area contributed by atoms with E-state index in [0.29, 0.717) is 30.4 Å². The molecule has 1 N–H and O–H groups in total. The summed E-state index contributed by atoms with van der Waals surface area (Å²) in [5.41, 5.74) is 0.703. The monoisotopic (exact) mass is 315 g/mol. The Morgan fingerprint density at radius 2 is 2.10 bits per heavy atom. The van der Waals surface area contributed by atoms with Gasteiger partial charge in [0.05, 0.1) is 10.8 Å². The standard InChI is InChI=1S/C13H14ClNO4S/c14-20(17,18)11-3-4-12-8(6-11)5-9(7-19-12)13(16)15-10-1-2-10/h3-4,6,9-10H,1-2,5,7H2,(H,15,16). The maximum Gasteiger partial charge on any atom is 0.261 e. The van der Waals surface area contributed by atoms with Crippen LogP contribution >= 0.6 is 10.7 Å². The predicted molar refractivity (Wildman–Crippen MR) is 73.3 cm³/mol. The lowest BCUT2D eigenvalue weighted by Gasteiger charge is -2.24. The number of rotatable bonds is 3. The van der Waals surface area contributed by atoms with Crippen LogP contribution in [0.3, 0.4) is 0 Å². The zero-order valence-corrected chi connectivity index (χ0v) is 12.2. The average Bonchev–Trinajstić information content (AvgIpc) is 3.20. The van der Waals surface area contributed by atoms with Crippen LogP contribution in [0, 0.1) is 5.92 Å². The van der Waals surface area contributed by atoms with Crippen LogP contribution in [0.25, 0.3) is 0 Å². The van der Waals surface area contributed by atoms with Crippen molar-refractivity contribution >= 4 is 25.6 Å². The van der Waals surface area contributed by atoms with E-state index < -0.39 is 9.05 Å². The highest BCUT2D eigenvalue weighted by molar-refractivity contribution is 8.13. The number of ether oxygens (including phenoxy) is 1. The van der Waals surface area contributed by atoms with E-state index in [1.807, 2.05) is 0 Å². The minimum Gasteiger partial charge on any atom is -0.492 e. The number of hydrogen-bond acceptors (Lipinski definition) is 4. The molecule has 1 saturated carbocycles. The molecule has 0 bridgehead atoms. The van der Waals surface area contributed by atoms with Gasteiger partial charge in [0.15, 0.2) is 0 Å². The van der Waals surface area contributed by atoms with E-state index >= 15 is 0 Å². The van der Waals surface area contributed by atoms with Crippen LogP contribution in [0.5, 0.6) is 5.75 Å². The summed E-state index contributed by atoms with van der Waals surface area (Å²) in [6.45, 7) is 0.318. The van der Waals surface area contributed by atoms with Crippen LogP contribution < -0.4 is 10.1 Å². The molecule has 1 aliphatic carbocycles. The van der Waals surface area contributed by atoms with Crippen LogP contribution in [-0.2, 0) is 20.3 Å². The third-order valence-electron chi connectivity index (χ3n) is 3.51. The summed E-state index contributed by atoms with van der Waals surface area (Å²) < 4.78 is 28.2. The topological polar surface area (TPSA) is 72.5 Å². The van der Waals surface area contributed by atoms with Crippen molar-refractivity contribution in [1.82, 2.24) is 5.32 Å². The van der Waals surface area contributed by atoms with Crippen LogP contribution in [-0.4, -0.2) is 27.0 Å². The summed E-state index contributed by atoms with van der Waals surface area (Å²) in [6, 6.07) is 4.78. The van der Waals surface area contributed by atoms with Gasteiger partial charge in [-0.15, -0.1) is 0 Å². The Labute approximate surface area is 121 Å². The molecule has 1 heterocycles. The number of halogens is 1. The molecule has 0 saturated heterocycles. The van der Waals surface area contributed by atoms with Crippen molar-refractivity contribution in [3.05, 3.63) is 23.8 Å². The van der Waals surface area contributed by atoms with Gasteiger partial charge in [-0.2, -0.15) is 0 Å². The number of carbonyl (C=O) groups excluding carboxylic acids is 1. The van der Waals surface area contributed by atoms with Crippen molar-refractivity contribution < 1.29 is 17.9 Å². The van der Waals surface area contributed by atoms with Gasteiger partial charge in [-0.1, -0.05) is 0 Å². The van der Waals surface area contributed by atoms with E-state index in [1.165, 1.54) is 12.1 Å². The summed E-state index contributed by atoms with van der Waals surface area (Å²) in [7, 11) is 1.56. The molecule has 1 aliphatic heterocycles. The summed E-state index contributed by atoms with van der Waals surface area (Å²) in [5.74, 6) is 0.304. The van der Waals surface area contributed by atoms with Crippen LogP contribution in [0.1, 0.15) is 18.4 Å². The van der Waals surface area contributed by atoms with Gasteiger partial charge in [0, 0.05) is 16.7 Å². The lowest BCUT2D eigenvalue weighted by Crippen LogP contribution is -2.38. The summed E-state index contributed by atoms with van der Waals surface area (Å²) in [4.78, 5) is 12.0. The highest BCUT2D eigenvalue weighted by Gasteiger charge is 2.31. The maximum absolute atomic E-state index is 12.0. The van der Waals surface area contributed by atoms with Crippen LogP contribution in [0.15, 0.2) is 23.1 Å². The average molecular weight is 316 g/mol. The van der Waals surface area contributed by atoms with E-state index in [9.17, 15) is 13.2 Å². The number of carbonyl (C=O) groups is 1. The Morgan fingerprint density at radius 1 is 1.35 bits per heavy atom. The minimum atomic E-state index is -3.77. The molecule has 2 aliphatic rings. The van der Waals surface area contributed by atoms with E-state index in [-0.39, 0.29) is 16.7 Å². The van der Waals surface area contributed by atoms with Crippen molar-refractivity contribution in [3.8, 4) is 5.75 Å². The SMILES string of the molecule is O=C(NC1CC1)C1COc2ccc(S(=O)(=O)Cl)cc2C1. The van der Waals surface area contributed by atoms with Gasteiger partial charge in [-0.05, 0) is 43.0 Å². The molecule has 3 rings (SSSR count). The van der Waals surface area contributed by atoms with Gasteiger partial charge in [0.25, 0.3) is 9.05 Å². The molecule has 1 atom stereocenters. The number of hydrogen-bond donors (Lipinski definition) is 1. The highest BCUT2D eigenvalue weighted by Crippen LogP contribution is 2.31. The third kappa shape index (κ3) is 2.91. The van der Waals surface area contributed by atoms with Crippen molar-refractivity contribution in [2.45, 2.75) is 30.2 Å². The molecule has 0 radical (unpaired) electrons. The summed E-state index contributed by atoms with van der Waals surface area (Å²) in [5, 5.41) is 2.94. The molecule has 5 nitrogen and oxygen atoms in total. The maximum atomic E-state index is 12.0. The zero-order valence-electron chi connectivity index (χ0n) is 10.6. The quantitative estimate of drug-likeness (QED) is 0.857. The summed E-state index contributed by atoms with van der Waals surface area (Å²) >= 11 is 0. The molecule has 1 aromatic rings. The molecule has 1 fully saturated rings. The predicted octanol–water partition coefficient (Wildman–Crippen LogP) is 1.44. The van der Waals surface area contributed by atoms with Crippen molar-refractivity contribution in [2.75, 3.05) is 6.61 Å². The number of benzene rings is 1. The molecule has 108 valence electrons. The molecule has 1 amide bonds. The number of amides is 1. The second kappa shape index (κ2) is 4.93. The second-order valence-electron chi connectivity index (χ2n) is 5.20. The fraction of sp³-hybridized carbons (Fsp3) is 0.462. The van der Waals surface area contributed by atoms with Crippen LogP contribution in [0.2, 0.25) is 0 Å². The van der Waals surface area contributed by atoms with Gasteiger partial charge >= 0.3 is 0 Å². The van der Waals surface area contributed by atoms with E-state index in [2.05, 4.69) is 5.32 Å². The molecule has 20 heavy (non-hydrogen) atoms. The normalized spacial score (nSPS) is 21.8.